The van der Waals surface area contributed by atoms with Crippen molar-refractivity contribution in [1.82, 2.24) is 14.5 Å². The first kappa shape index (κ1) is 22.0. The van der Waals surface area contributed by atoms with Crippen LogP contribution in [0.25, 0.3) is 0 Å². The third-order valence-corrected chi connectivity index (χ3v) is 8.39. The number of amides is 1. The largest absolute Gasteiger partial charge is 0.468 e. The molecule has 0 spiro atoms. The number of benzene rings is 1. The molecule has 168 valence electrons. The predicted molar refractivity (Wildman–Crippen MR) is 118 cm³/mol. The van der Waals surface area contributed by atoms with Gasteiger partial charge in [-0.15, -0.1) is 0 Å². The van der Waals surface area contributed by atoms with Gasteiger partial charge in [-0.1, -0.05) is 6.07 Å². The molecule has 1 aliphatic carbocycles. The topological polar surface area (TPSA) is 82.9 Å². The van der Waals surface area contributed by atoms with Gasteiger partial charge in [-0.2, -0.15) is 4.31 Å². The maximum Gasteiger partial charge on any atom is 0.243 e. The van der Waals surface area contributed by atoms with Gasteiger partial charge in [0.15, 0.2) is 0 Å². The first-order chi connectivity index (χ1) is 14.9. The van der Waals surface area contributed by atoms with E-state index in [4.69, 9.17) is 4.42 Å². The lowest BCUT2D eigenvalue weighted by Crippen LogP contribution is -2.44. The second-order valence-corrected chi connectivity index (χ2v) is 10.6. The molecule has 2 heterocycles. The summed E-state index contributed by atoms with van der Waals surface area (Å²) in [6.07, 6.45) is 5.77. The van der Waals surface area contributed by atoms with Crippen molar-refractivity contribution in [2.75, 3.05) is 33.7 Å². The molecule has 7 nitrogen and oxygen atoms in total. The molecule has 2 aliphatic rings. The first-order valence-electron chi connectivity index (χ1n) is 11.0. The van der Waals surface area contributed by atoms with Crippen LogP contribution in [0.1, 0.15) is 42.2 Å². The molecule has 1 atom stereocenters. The average Bonchev–Trinajstić information content (AvgIpc) is 3.45. The molecule has 8 heteroatoms. The fraction of sp³-hybridized carbons (Fsp3) is 0.522. The molecular formula is C23H31N3O4S. The summed E-state index contributed by atoms with van der Waals surface area (Å²) in [6.45, 7) is 1.19. The molecular weight excluding hydrogens is 414 g/mol. The number of rotatable bonds is 7. The summed E-state index contributed by atoms with van der Waals surface area (Å²) in [7, 11) is 0.375. The Balaban J connectivity index is 1.33. The van der Waals surface area contributed by atoms with Gasteiger partial charge in [-0.3, -0.25) is 9.69 Å². The van der Waals surface area contributed by atoms with Gasteiger partial charge in [0.1, 0.15) is 5.76 Å². The van der Waals surface area contributed by atoms with E-state index in [1.54, 1.807) is 12.3 Å². The molecule has 1 amide bonds. The van der Waals surface area contributed by atoms with Gasteiger partial charge in [0.2, 0.25) is 15.9 Å². The number of sulfonamides is 1. The normalized spacial score (nSPS) is 18.8. The fourth-order valence-corrected chi connectivity index (χ4v) is 6.10. The Morgan fingerprint density at radius 2 is 1.94 bits per heavy atom. The molecule has 31 heavy (non-hydrogen) atoms. The zero-order valence-corrected chi connectivity index (χ0v) is 19.0. The average molecular weight is 446 g/mol. The first-order valence-corrected chi connectivity index (χ1v) is 12.4. The van der Waals surface area contributed by atoms with Crippen LogP contribution in [0.15, 0.2) is 45.9 Å². The Labute approximate surface area is 184 Å². The quantitative estimate of drug-likeness (QED) is 0.708. The summed E-state index contributed by atoms with van der Waals surface area (Å²) >= 11 is 0. The van der Waals surface area contributed by atoms with Crippen molar-refractivity contribution < 1.29 is 17.6 Å². The van der Waals surface area contributed by atoms with E-state index in [2.05, 4.69) is 5.32 Å². The van der Waals surface area contributed by atoms with E-state index in [0.29, 0.717) is 37.4 Å². The lowest BCUT2D eigenvalue weighted by molar-refractivity contribution is -0.126. The Morgan fingerprint density at radius 3 is 2.61 bits per heavy atom. The lowest BCUT2D eigenvalue weighted by Gasteiger charge is -2.31. The molecule has 1 fully saturated rings. The molecule has 0 bridgehead atoms. The van der Waals surface area contributed by atoms with Crippen LogP contribution in [0.5, 0.6) is 0 Å². The summed E-state index contributed by atoms with van der Waals surface area (Å²) in [5, 5.41) is 3.03. The Bertz CT molecular complexity index is 1010. The summed E-state index contributed by atoms with van der Waals surface area (Å²) in [5.74, 6) is 0.611. The maximum absolute atomic E-state index is 13.1. The van der Waals surface area contributed by atoms with Gasteiger partial charge in [0.05, 0.1) is 17.2 Å². The number of piperidine rings is 1. The second-order valence-electron chi connectivity index (χ2n) is 8.70. The summed E-state index contributed by atoms with van der Waals surface area (Å²) in [4.78, 5) is 15.1. The number of nitrogens with one attached hydrogen (secondary N) is 1. The van der Waals surface area contributed by atoms with Crippen LogP contribution in [-0.2, 0) is 27.7 Å². The zero-order valence-electron chi connectivity index (χ0n) is 18.2. The van der Waals surface area contributed by atoms with Gasteiger partial charge in [-0.25, -0.2) is 8.42 Å². The monoisotopic (exact) mass is 445 g/mol. The molecule has 1 aromatic heterocycles. The van der Waals surface area contributed by atoms with Crippen LogP contribution in [0.3, 0.4) is 0 Å². The SMILES string of the molecule is CN(C)C(CNC(=O)C1CCN(S(=O)(=O)c2ccc3c(c2)CCC3)CC1)c1ccco1. The molecule has 1 N–H and O–H groups in total. The maximum atomic E-state index is 13.1. The van der Waals surface area contributed by atoms with E-state index >= 15 is 0 Å². The number of hydrogen-bond acceptors (Lipinski definition) is 5. The highest BCUT2D eigenvalue weighted by atomic mass is 32.2. The van der Waals surface area contributed by atoms with Crippen LogP contribution in [0, 0.1) is 5.92 Å². The van der Waals surface area contributed by atoms with Crippen LogP contribution >= 0.6 is 0 Å². The third kappa shape index (κ3) is 4.71. The molecule has 4 rings (SSSR count). The van der Waals surface area contributed by atoms with E-state index in [0.717, 1.165) is 30.6 Å². The second kappa shape index (κ2) is 9.14. The van der Waals surface area contributed by atoms with Crippen LogP contribution < -0.4 is 5.32 Å². The van der Waals surface area contributed by atoms with Crippen molar-refractivity contribution >= 4 is 15.9 Å². The molecule has 2 aromatic rings. The number of fused-ring (bicyclic) bond motifs is 1. The van der Waals surface area contributed by atoms with Crippen molar-refractivity contribution in [3.63, 3.8) is 0 Å². The molecule has 1 unspecified atom stereocenters. The highest BCUT2D eigenvalue weighted by Gasteiger charge is 2.33. The number of aryl methyl sites for hydroxylation is 2. The van der Waals surface area contributed by atoms with Gasteiger partial charge in [-0.05, 0) is 81.6 Å². The third-order valence-electron chi connectivity index (χ3n) is 6.50. The van der Waals surface area contributed by atoms with Gasteiger partial charge in [0.25, 0.3) is 0 Å². The van der Waals surface area contributed by atoms with E-state index < -0.39 is 10.0 Å². The number of carbonyl (C=O) groups excluding carboxylic acids is 1. The number of furan rings is 1. The van der Waals surface area contributed by atoms with Crippen molar-refractivity contribution in [1.29, 1.82) is 0 Å². The molecule has 0 saturated carbocycles. The van der Waals surface area contributed by atoms with E-state index in [9.17, 15) is 13.2 Å². The van der Waals surface area contributed by atoms with Crippen molar-refractivity contribution in [2.45, 2.75) is 43.0 Å². The van der Waals surface area contributed by atoms with Crippen LogP contribution in [0.2, 0.25) is 0 Å². The van der Waals surface area contributed by atoms with Gasteiger partial charge >= 0.3 is 0 Å². The van der Waals surface area contributed by atoms with Crippen molar-refractivity contribution in [3.8, 4) is 0 Å². The minimum absolute atomic E-state index is 0.0204. The highest BCUT2D eigenvalue weighted by molar-refractivity contribution is 7.89. The standard InChI is InChI=1S/C23H31N3O4S/c1-25(2)21(22-7-4-14-30-22)16-24-23(27)18-10-12-26(13-11-18)31(28,29)20-9-8-17-5-3-6-19(17)15-20/h4,7-9,14-15,18,21H,3,5-6,10-13,16H2,1-2H3,(H,24,27). The molecule has 0 radical (unpaired) electrons. The van der Waals surface area contributed by atoms with Crippen LogP contribution in [0.4, 0.5) is 0 Å². The van der Waals surface area contributed by atoms with E-state index in [1.807, 2.05) is 43.3 Å². The number of likely N-dealkylation sites (N-methyl/N-ethyl adjacent to an activating group) is 1. The Morgan fingerprint density at radius 1 is 1.19 bits per heavy atom. The van der Waals surface area contributed by atoms with E-state index in [-0.39, 0.29) is 17.9 Å². The fourth-order valence-electron chi connectivity index (χ4n) is 4.58. The molecule has 1 saturated heterocycles. The van der Waals surface area contributed by atoms with Crippen molar-refractivity contribution in [3.05, 3.63) is 53.5 Å². The number of nitrogens with zero attached hydrogens (tertiary/aromatic N) is 2. The Kier molecular flexibility index (Phi) is 6.50. The van der Waals surface area contributed by atoms with E-state index in [1.165, 1.54) is 9.87 Å². The van der Waals surface area contributed by atoms with Crippen molar-refractivity contribution in [2.24, 2.45) is 5.92 Å². The zero-order chi connectivity index (χ0) is 22.0. The van der Waals surface area contributed by atoms with Gasteiger partial charge in [0, 0.05) is 25.6 Å². The highest BCUT2D eigenvalue weighted by Crippen LogP contribution is 2.28. The Hall–Kier alpha value is -2.16. The minimum atomic E-state index is -3.52. The minimum Gasteiger partial charge on any atom is -0.468 e. The molecule has 1 aromatic carbocycles. The lowest BCUT2D eigenvalue weighted by atomic mass is 9.97. The smallest absolute Gasteiger partial charge is 0.243 e. The van der Waals surface area contributed by atoms with Gasteiger partial charge < -0.3 is 9.73 Å². The van der Waals surface area contributed by atoms with Crippen LogP contribution in [-0.4, -0.2) is 57.3 Å². The summed E-state index contributed by atoms with van der Waals surface area (Å²) in [6, 6.07) is 9.22. The predicted octanol–water partition coefficient (Wildman–Crippen LogP) is 2.59. The number of hydrogen-bond donors (Lipinski definition) is 1. The summed E-state index contributed by atoms with van der Waals surface area (Å²) < 4.78 is 33.2. The summed E-state index contributed by atoms with van der Waals surface area (Å²) in [5.41, 5.74) is 2.42. The number of carbonyl (C=O) groups is 1. The molecule has 1 aliphatic heterocycles.